The Morgan fingerprint density at radius 1 is 1.00 bits per heavy atom. The number of rotatable bonds is 3. The first kappa shape index (κ1) is 19.7. The van der Waals surface area contributed by atoms with E-state index in [1.807, 2.05) is 41.8 Å². The normalized spacial score (nSPS) is 19.6. The van der Waals surface area contributed by atoms with Gasteiger partial charge in [-0.05, 0) is 51.3 Å². The predicted octanol–water partition coefficient (Wildman–Crippen LogP) is 2.87. The fraction of sp³-hybridized carbons (Fsp3) is 0.478. The van der Waals surface area contributed by atoms with E-state index in [1.165, 1.54) is 5.56 Å². The van der Waals surface area contributed by atoms with Gasteiger partial charge in [0.05, 0.1) is 5.56 Å². The molecule has 0 bridgehead atoms. The van der Waals surface area contributed by atoms with E-state index in [9.17, 15) is 9.59 Å². The van der Waals surface area contributed by atoms with E-state index in [2.05, 4.69) is 23.6 Å². The number of piperazine rings is 1. The molecule has 1 unspecified atom stereocenters. The van der Waals surface area contributed by atoms with Crippen LogP contribution in [0.5, 0.6) is 0 Å². The van der Waals surface area contributed by atoms with Crippen LogP contribution in [0.15, 0.2) is 30.3 Å². The minimum absolute atomic E-state index is 0.0437. The molecule has 2 aliphatic heterocycles. The Morgan fingerprint density at radius 3 is 2.34 bits per heavy atom. The number of benzene rings is 1. The average Bonchev–Trinajstić information content (AvgIpc) is 3.36. The number of carbonyl (C=O) groups is 2. The van der Waals surface area contributed by atoms with E-state index >= 15 is 0 Å². The Bertz CT molecular complexity index is 919. The monoisotopic (exact) mass is 395 g/mol. The molecule has 2 aliphatic rings. The summed E-state index contributed by atoms with van der Waals surface area (Å²) in [6.07, 6.45) is 1.47. The molecular formula is C23H29N3O3. The molecule has 2 saturated heterocycles. The largest absolute Gasteiger partial charge is 0.368 e. The molecule has 6 heteroatoms. The number of hydrogen-bond acceptors (Lipinski definition) is 3. The summed E-state index contributed by atoms with van der Waals surface area (Å²) < 4.78 is 7.67. The molecule has 0 N–H and O–H groups in total. The molecule has 4 rings (SSSR count). The van der Waals surface area contributed by atoms with Crippen LogP contribution in [0.25, 0.3) is 5.69 Å². The molecule has 2 fully saturated rings. The minimum atomic E-state index is -0.287. The summed E-state index contributed by atoms with van der Waals surface area (Å²) in [5.74, 6) is 0.120. The van der Waals surface area contributed by atoms with Crippen LogP contribution in [0.4, 0.5) is 0 Å². The molecule has 0 aliphatic carbocycles. The summed E-state index contributed by atoms with van der Waals surface area (Å²) in [5.41, 5.74) is 5.03. The van der Waals surface area contributed by atoms with Crippen molar-refractivity contribution < 1.29 is 14.3 Å². The molecule has 29 heavy (non-hydrogen) atoms. The third kappa shape index (κ3) is 3.69. The van der Waals surface area contributed by atoms with Crippen molar-refractivity contribution in [3.8, 4) is 5.69 Å². The number of aromatic nitrogens is 1. The molecule has 0 spiro atoms. The molecule has 0 radical (unpaired) electrons. The zero-order chi connectivity index (χ0) is 20.5. The number of aryl methyl sites for hydroxylation is 2. The van der Waals surface area contributed by atoms with E-state index in [0.29, 0.717) is 32.8 Å². The molecule has 2 aromatic rings. The smallest absolute Gasteiger partial charge is 0.255 e. The van der Waals surface area contributed by atoms with Crippen LogP contribution in [0.3, 0.4) is 0 Å². The first-order valence-corrected chi connectivity index (χ1v) is 10.4. The van der Waals surface area contributed by atoms with Gasteiger partial charge in [-0.15, -0.1) is 0 Å². The lowest BCUT2D eigenvalue weighted by Gasteiger charge is -2.35. The van der Waals surface area contributed by atoms with E-state index in [-0.39, 0.29) is 17.9 Å². The van der Waals surface area contributed by atoms with Crippen LogP contribution in [-0.4, -0.2) is 65.1 Å². The molecule has 0 saturated carbocycles. The topological polar surface area (TPSA) is 54.8 Å². The van der Waals surface area contributed by atoms with Crippen molar-refractivity contribution in [2.45, 2.75) is 39.7 Å². The van der Waals surface area contributed by atoms with Crippen LogP contribution in [0.1, 0.15) is 40.2 Å². The van der Waals surface area contributed by atoms with Gasteiger partial charge >= 0.3 is 0 Å². The lowest BCUT2D eigenvalue weighted by Crippen LogP contribution is -2.52. The van der Waals surface area contributed by atoms with E-state index in [4.69, 9.17) is 4.74 Å². The quantitative estimate of drug-likeness (QED) is 0.803. The van der Waals surface area contributed by atoms with Crippen molar-refractivity contribution in [1.82, 2.24) is 14.4 Å². The second-order valence-electron chi connectivity index (χ2n) is 8.03. The van der Waals surface area contributed by atoms with Gasteiger partial charge in [0, 0.05) is 49.9 Å². The van der Waals surface area contributed by atoms with Crippen molar-refractivity contribution in [3.05, 3.63) is 52.8 Å². The number of hydrogen-bond donors (Lipinski definition) is 0. The molecule has 1 atom stereocenters. The zero-order valence-electron chi connectivity index (χ0n) is 17.5. The average molecular weight is 396 g/mol. The molecule has 1 aromatic heterocycles. The molecule has 154 valence electrons. The van der Waals surface area contributed by atoms with Gasteiger partial charge in [-0.25, -0.2) is 0 Å². The maximum atomic E-state index is 13.2. The number of ether oxygens (including phenoxy) is 1. The van der Waals surface area contributed by atoms with Gasteiger partial charge in [0.15, 0.2) is 0 Å². The fourth-order valence-corrected chi connectivity index (χ4v) is 4.44. The summed E-state index contributed by atoms with van der Waals surface area (Å²) >= 11 is 0. The highest BCUT2D eigenvalue weighted by Gasteiger charge is 2.32. The maximum Gasteiger partial charge on any atom is 0.255 e. The standard InChI is InChI=1S/C23H29N3O3/c1-16-7-4-5-8-20(16)26-17(2)15-19(18(26)3)22(27)24-10-12-25(13-11-24)23(28)21-9-6-14-29-21/h4-5,7-8,15,21H,6,9-14H2,1-3H3. The molecule has 3 heterocycles. The van der Waals surface area contributed by atoms with E-state index < -0.39 is 0 Å². The molecule has 6 nitrogen and oxygen atoms in total. The summed E-state index contributed by atoms with van der Waals surface area (Å²) in [6, 6.07) is 10.2. The Hall–Kier alpha value is -2.60. The Morgan fingerprint density at radius 2 is 1.69 bits per heavy atom. The number of carbonyl (C=O) groups excluding carboxylic acids is 2. The Labute approximate surface area is 172 Å². The van der Waals surface area contributed by atoms with Crippen molar-refractivity contribution in [2.24, 2.45) is 0 Å². The summed E-state index contributed by atoms with van der Waals surface area (Å²) in [5, 5.41) is 0. The van der Waals surface area contributed by atoms with Crippen LogP contribution < -0.4 is 0 Å². The zero-order valence-corrected chi connectivity index (χ0v) is 17.5. The van der Waals surface area contributed by atoms with Crippen LogP contribution in [0.2, 0.25) is 0 Å². The summed E-state index contributed by atoms with van der Waals surface area (Å²) in [4.78, 5) is 29.5. The van der Waals surface area contributed by atoms with E-state index in [0.717, 1.165) is 35.5 Å². The van der Waals surface area contributed by atoms with Crippen molar-refractivity contribution >= 4 is 11.8 Å². The van der Waals surface area contributed by atoms with Gasteiger partial charge in [0.2, 0.25) is 0 Å². The van der Waals surface area contributed by atoms with Crippen LogP contribution >= 0.6 is 0 Å². The Balaban J connectivity index is 1.48. The van der Waals surface area contributed by atoms with Crippen LogP contribution in [0, 0.1) is 20.8 Å². The third-order valence-corrected chi connectivity index (χ3v) is 6.10. The lowest BCUT2D eigenvalue weighted by atomic mass is 10.1. The molecule has 1 aromatic carbocycles. The second-order valence-corrected chi connectivity index (χ2v) is 8.03. The highest BCUT2D eigenvalue weighted by Crippen LogP contribution is 2.25. The van der Waals surface area contributed by atoms with Gasteiger partial charge in [-0.3, -0.25) is 9.59 Å². The number of para-hydroxylation sites is 1. The summed E-state index contributed by atoms with van der Waals surface area (Å²) in [6.45, 7) is 9.06. The number of amides is 2. The Kier molecular flexibility index (Phi) is 5.46. The summed E-state index contributed by atoms with van der Waals surface area (Å²) in [7, 11) is 0. The number of nitrogens with zero attached hydrogens (tertiary/aromatic N) is 3. The first-order valence-electron chi connectivity index (χ1n) is 10.4. The minimum Gasteiger partial charge on any atom is -0.368 e. The molecular weight excluding hydrogens is 366 g/mol. The fourth-order valence-electron chi connectivity index (χ4n) is 4.44. The van der Waals surface area contributed by atoms with Gasteiger partial charge in [-0.1, -0.05) is 18.2 Å². The van der Waals surface area contributed by atoms with E-state index in [1.54, 1.807) is 0 Å². The SMILES string of the molecule is Cc1ccccc1-n1c(C)cc(C(=O)N2CCN(C(=O)C3CCCO3)CC2)c1C. The van der Waals surface area contributed by atoms with Crippen molar-refractivity contribution in [2.75, 3.05) is 32.8 Å². The van der Waals surface area contributed by atoms with Crippen molar-refractivity contribution in [3.63, 3.8) is 0 Å². The second kappa shape index (κ2) is 8.03. The van der Waals surface area contributed by atoms with Gasteiger partial charge in [-0.2, -0.15) is 0 Å². The van der Waals surface area contributed by atoms with Gasteiger partial charge in [0.25, 0.3) is 11.8 Å². The van der Waals surface area contributed by atoms with Gasteiger partial charge < -0.3 is 19.1 Å². The first-order chi connectivity index (χ1) is 14.0. The maximum absolute atomic E-state index is 13.2. The molecule has 2 amide bonds. The highest BCUT2D eigenvalue weighted by atomic mass is 16.5. The van der Waals surface area contributed by atoms with Crippen molar-refractivity contribution in [1.29, 1.82) is 0 Å². The van der Waals surface area contributed by atoms with Crippen LogP contribution in [-0.2, 0) is 9.53 Å². The highest BCUT2D eigenvalue weighted by molar-refractivity contribution is 5.96. The lowest BCUT2D eigenvalue weighted by molar-refractivity contribution is -0.142. The van der Waals surface area contributed by atoms with Gasteiger partial charge in [0.1, 0.15) is 6.10 Å². The third-order valence-electron chi connectivity index (χ3n) is 6.10. The predicted molar refractivity (Wildman–Crippen MR) is 111 cm³/mol.